The van der Waals surface area contributed by atoms with Crippen molar-refractivity contribution in [3.8, 4) is 0 Å². The smallest absolute Gasteiger partial charge is 0.252 e. The molecule has 6 heteroatoms. The number of pyridine rings is 1. The van der Waals surface area contributed by atoms with Crippen molar-refractivity contribution in [2.75, 3.05) is 6.61 Å². The molecule has 130 valence electrons. The van der Waals surface area contributed by atoms with Gasteiger partial charge < -0.3 is 10.4 Å². The van der Waals surface area contributed by atoms with Gasteiger partial charge in [-0.15, -0.1) is 0 Å². The molecule has 2 N–H and O–H groups in total. The van der Waals surface area contributed by atoms with Crippen LogP contribution in [0.25, 0.3) is 11.0 Å². The highest BCUT2D eigenvalue weighted by atomic mass is 16.3. The molecule has 6 nitrogen and oxygen atoms in total. The van der Waals surface area contributed by atoms with E-state index in [4.69, 9.17) is 4.98 Å². The van der Waals surface area contributed by atoms with Crippen molar-refractivity contribution in [1.29, 1.82) is 0 Å². The molecule has 0 saturated heterocycles. The fraction of sp³-hybridized carbons (Fsp3) is 0.611. The van der Waals surface area contributed by atoms with E-state index in [9.17, 15) is 9.90 Å². The van der Waals surface area contributed by atoms with Gasteiger partial charge in [0.2, 0.25) is 0 Å². The first-order valence-corrected chi connectivity index (χ1v) is 8.55. The van der Waals surface area contributed by atoms with Crippen molar-refractivity contribution < 1.29 is 9.90 Å². The Morgan fingerprint density at radius 2 is 2.12 bits per heavy atom. The molecule has 2 aromatic heterocycles. The number of aliphatic hydroxyl groups is 1. The molecule has 24 heavy (non-hydrogen) atoms. The summed E-state index contributed by atoms with van der Waals surface area (Å²) in [5.41, 5.74) is 2.93. The molecule has 0 aromatic carbocycles. The van der Waals surface area contributed by atoms with Crippen LogP contribution in [0.1, 0.15) is 68.2 Å². The van der Waals surface area contributed by atoms with Crippen molar-refractivity contribution >= 4 is 16.9 Å². The summed E-state index contributed by atoms with van der Waals surface area (Å²) in [6, 6.07) is 1.62. The van der Waals surface area contributed by atoms with E-state index in [1.807, 2.05) is 17.7 Å². The van der Waals surface area contributed by atoms with Crippen LogP contribution in [0.5, 0.6) is 0 Å². The Balaban J connectivity index is 2.20. The Labute approximate surface area is 142 Å². The minimum atomic E-state index is -0.289. The molecule has 1 saturated carbocycles. The van der Waals surface area contributed by atoms with Crippen molar-refractivity contribution in [2.45, 2.75) is 65.0 Å². The van der Waals surface area contributed by atoms with Gasteiger partial charge in [-0.3, -0.25) is 4.79 Å². The highest BCUT2D eigenvalue weighted by Gasteiger charge is 2.30. The van der Waals surface area contributed by atoms with E-state index in [0.717, 1.165) is 35.3 Å². The topological polar surface area (TPSA) is 80.0 Å². The van der Waals surface area contributed by atoms with Crippen LogP contribution in [0.2, 0.25) is 0 Å². The number of aryl methyl sites for hydroxylation is 1. The van der Waals surface area contributed by atoms with E-state index in [-0.39, 0.29) is 24.1 Å². The number of fused-ring (bicyclic) bond motifs is 1. The number of carbonyl (C=O) groups is 1. The summed E-state index contributed by atoms with van der Waals surface area (Å²) in [5.74, 6) is 0.266. The fourth-order valence-electron chi connectivity index (χ4n) is 2.89. The molecule has 0 bridgehead atoms. The molecule has 1 aliphatic rings. The minimum Gasteiger partial charge on any atom is -0.394 e. The van der Waals surface area contributed by atoms with Gasteiger partial charge in [0.15, 0.2) is 5.65 Å². The highest BCUT2D eigenvalue weighted by molar-refractivity contribution is 6.06. The second kappa shape index (κ2) is 5.84. The number of amides is 1. The number of nitrogens with one attached hydrogen (secondary N) is 1. The molecule has 2 aromatic rings. The molecule has 2 heterocycles. The lowest BCUT2D eigenvalue weighted by atomic mass is 10.1. The average molecular weight is 330 g/mol. The van der Waals surface area contributed by atoms with Crippen molar-refractivity contribution in [1.82, 2.24) is 20.1 Å². The summed E-state index contributed by atoms with van der Waals surface area (Å²) in [4.78, 5) is 17.6. The van der Waals surface area contributed by atoms with Crippen LogP contribution in [0.4, 0.5) is 0 Å². The van der Waals surface area contributed by atoms with E-state index in [1.165, 1.54) is 0 Å². The molecule has 0 aliphatic heterocycles. The summed E-state index contributed by atoms with van der Waals surface area (Å²) < 4.78 is 1.91. The summed E-state index contributed by atoms with van der Waals surface area (Å²) >= 11 is 0. The predicted octanol–water partition coefficient (Wildman–Crippen LogP) is 2.48. The zero-order valence-corrected chi connectivity index (χ0v) is 15.1. The van der Waals surface area contributed by atoms with Crippen LogP contribution >= 0.6 is 0 Å². The number of hydrogen-bond acceptors (Lipinski definition) is 4. The van der Waals surface area contributed by atoms with Gasteiger partial charge in [0.25, 0.3) is 5.91 Å². The van der Waals surface area contributed by atoms with Crippen molar-refractivity contribution in [3.05, 3.63) is 23.0 Å². The molecule has 1 aliphatic carbocycles. The lowest BCUT2D eigenvalue weighted by Crippen LogP contribution is -2.35. The first kappa shape index (κ1) is 16.9. The summed E-state index contributed by atoms with van der Waals surface area (Å²) in [6.45, 7) is 9.85. The van der Waals surface area contributed by atoms with Gasteiger partial charge >= 0.3 is 0 Å². The Kier molecular flexibility index (Phi) is 4.11. The average Bonchev–Trinajstić information content (AvgIpc) is 3.29. The van der Waals surface area contributed by atoms with Crippen LogP contribution in [0.15, 0.2) is 6.07 Å². The number of rotatable bonds is 4. The third-order valence-electron chi connectivity index (χ3n) is 4.36. The fourth-order valence-corrected chi connectivity index (χ4v) is 2.89. The predicted molar refractivity (Wildman–Crippen MR) is 93.3 cm³/mol. The van der Waals surface area contributed by atoms with E-state index in [2.05, 4.69) is 31.2 Å². The van der Waals surface area contributed by atoms with Crippen LogP contribution < -0.4 is 5.32 Å². The van der Waals surface area contributed by atoms with Gasteiger partial charge in [-0.05, 0) is 53.5 Å². The van der Waals surface area contributed by atoms with Gasteiger partial charge in [0, 0.05) is 17.7 Å². The molecular weight excluding hydrogens is 304 g/mol. The second-order valence-corrected chi connectivity index (χ2v) is 7.79. The standard InChI is InChI=1S/C18H26N4O2/c1-10(9-23)19-17(24)13-8-14(12-6-7-12)20-16-15(13)11(2)21-22(16)18(3,4)5/h8,10,12,23H,6-7,9H2,1-5H3,(H,19,24). The van der Waals surface area contributed by atoms with Gasteiger partial charge in [0.1, 0.15) is 0 Å². The van der Waals surface area contributed by atoms with Gasteiger partial charge in [0.05, 0.1) is 28.8 Å². The maximum absolute atomic E-state index is 12.7. The number of aromatic nitrogens is 3. The number of aliphatic hydroxyl groups excluding tert-OH is 1. The van der Waals surface area contributed by atoms with E-state index in [1.54, 1.807) is 6.92 Å². The number of hydrogen-bond donors (Lipinski definition) is 2. The van der Waals surface area contributed by atoms with Gasteiger partial charge in [-0.25, -0.2) is 9.67 Å². The molecule has 0 spiro atoms. The van der Waals surface area contributed by atoms with Crippen LogP contribution in [-0.4, -0.2) is 38.4 Å². The Morgan fingerprint density at radius 1 is 1.46 bits per heavy atom. The molecule has 1 atom stereocenters. The van der Waals surface area contributed by atoms with Crippen molar-refractivity contribution in [2.24, 2.45) is 0 Å². The molecule has 1 fully saturated rings. The molecular formula is C18H26N4O2. The highest BCUT2D eigenvalue weighted by Crippen LogP contribution is 2.40. The lowest BCUT2D eigenvalue weighted by Gasteiger charge is -2.20. The van der Waals surface area contributed by atoms with Gasteiger partial charge in [-0.2, -0.15) is 5.10 Å². The van der Waals surface area contributed by atoms with Crippen LogP contribution in [-0.2, 0) is 5.54 Å². The maximum atomic E-state index is 12.7. The number of carbonyl (C=O) groups excluding carboxylic acids is 1. The van der Waals surface area contributed by atoms with Crippen molar-refractivity contribution in [3.63, 3.8) is 0 Å². The molecule has 1 amide bonds. The maximum Gasteiger partial charge on any atom is 0.252 e. The zero-order valence-electron chi connectivity index (χ0n) is 15.1. The molecule has 0 radical (unpaired) electrons. The van der Waals surface area contributed by atoms with E-state index < -0.39 is 0 Å². The summed E-state index contributed by atoms with van der Waals surface area (Å²) in [7, 11) is 0. The summed E-state index contributed by atoms with van der Waals surface area (Å²) in [5, 5.41) is 17.5. The number of nitrogens with zero attached hydrogens (tertiary/aromatic N) is 3. The Hall–Kier alpha value is -1.95. The third kappa shape index (κ3) is 3.02. The Bertz CT molecular complexity index is 784. The minimum absolute atomic E-state index is 0.0876. The zero-order chi connectivity index (χ0) is 17.6. The van der Waals surface area contributed by atoms with Crippen LogP contribution in [0.3, 0.4) is 0 Å². The SMILES string of the molecule is Cc1nn(C(C)(C)C)c2nc(C3CC3)cc(C(=O)NC(C)CO)c12. The third-order valence-corrected chi connectivity index (χ3v) is 4.36. The lowest BCUT2D eigenvalue weighted by molar-refractivity contribution is 0.0923. The van der Waals surface area contributed by atoms with Crippen LogP contribution in [0, 0.1) is 6.92 Å². The largest absolute Gasteiger partial charge is 0.394 e. The second-order valence-electron chi connectivity index (χ2n) is 7.79. The monoisotopic (exact) mass is 330 g/mol. The quantitative estimate of drug-likeness (QED) is 0.902. The Morgan fingerprint density at radius 3 is 2.67 bits per heavy atom. The first-order chi connectivity index (χ1) is 11.2. The van der Waals surface area contributed by atoms with E-state index >= 15 is 0 Å². The van der Waals surface area contributed by atoms with Gasteiger partial charge in [-0.1, -0.05) is 0 Å². The summed E-state index contributed by atoms with van der Waals surface area (Å²) in [6.07, 6.45) is 2.24. The normalized spacial score (nSPS) is 16.4. The first-order valence-electron chi connectivity index (χ1n) is 8.55. The molecule has 1 unspecified atom stereocenters. The molecule has 3 rings (SSSR count). The van der Waals surface area contributed by atoms with E-state index in [0.29, 0.717) is 11.5 Å².